The van der Waals surface area contributed by atoms with E-state index in [0.29, 0.717) is 5.56 Å². The van der Waals surface area contributed by atoms with Crippen LogP contribution in [0.1, 0.15) is 26.3 Å². The van der Waals surface area contributed by atoms with E-state index < -0.39 is 55.1 Å². The Balaban J connectivity index is 2.02. The molecule has 0 aliphatic carbocycles. The minimum Gasteiger partial charge on any atom is -0.508 e. The number of benzene rings is 1. The first-order valence-corrected chi connectivity index (χ1v) is 10.1. The number of nitrogens with one attached hydrogen (secondary N) is 2. The molecule has 0 unspecified atom stereocenters. The molecular formula is C21H31F3N2O5. The molecule has 0 radical (unpaired) electrons. The number of carbonyl (C=O) groups excluding carboxylic acids is 1. The maximum atomic E-state index is 13.6. The van der Waals surface area contributed by atoms with Gasteiger partial charge in [-0.15, -0.1) is 0 Å². The fourth-order valence-corrected chi connectivity index (χ4v) is 3.40. The Morgan fingerprint density at radius 3 is 2.61 bits per heavy atom. The molecule has 1 aromatic carbocycles. The number of halogens is 3. The van der Waals surface area contributed by atoms with E-state index in [1.165, 1.54) is 26.0 Å². The first-order chi connectivity index (χ1) is 14.6. The Bertz CT molecular complexity index is 715. The zero-order valence-electron chi connectivity index (χ0n) is 17.9. The van der Waals surface area contributed by atoms with Gasteiger partial charge < -0.3 is 30.3 Å². The molecule has 10 heteroatoms. The van der Waals surface area contributed by atoms with Gasteiger partial charge in [0.2, 0.25) is 5.91 Å². The van der Waals surface area contributed by atoms with Crippen molar-refractivity contribution >= 4 is 5.91 Å². The molecule has 0 bridgehead atoms. The second kappa shape index (κ2) is 11.1. The lowest BCUT2D eigenvalue weighted by molar-refractivity contribution is -0.205. The number of rotatable bonds is 10. The van der Waals surface area contributed by atoms with Crippen molar-refractivity contribution in [3.63, 3.8) is 0 Å². The number of phenols is 1. The molecule has 1 amide bonds. The van der Waals surface area contributed by atoms with E-state index in [0.717, 1.165) is 6.07 Å². The number of amides is 1. The van der Waals surface area contributed by atoms with Crippen molar-refractivity contribution in [1.82, 2.24) is 10.6 Å². The average molecular weight is 448 g/mol. The number of aliphatic hydroxyl groups is 1. The SMILES string of the molecule is CC(=O)N[C@@H](Cc1cc(O)cc(F)c1)[C@H](O)[C@H]1CO[C@@H](OCC(C)(CF)CF)[C@H](C)N1. The minimum absolute atomic E-state index is 0.0165. The van der Waals surface area contributed by atoms with Crippen LogP contribution in [0.2, 0.25) is 0 Å². The highest BCUT2D eigenvalue weighted by molar-refractivity contribution is 5.73. The Morgan fingerprint density at radius 1 is 1.39 bits per heavy atom. The molecule has 0 spiro atoms. The Hall–Kier alpha value is -1.88. The van der Waals surface area contributed by atoms with Gasteiger partial charge in [-0.05, 0) is 31.0 Å². The van der Waals surface area contributed by atoms with Gasteiger partial charge in [0.15, 0.2) is 6.29 Å². The van der Waals surface area contributed by atoms with E-state index in [-0.39, 0.29) is 31.3 Å². The molecule has 1 aliphatic rings. The van der Waals surface area contributed by atoms with Gasteiger partial charge in [-0.2, -0.15) is 0 Å². The van der Waals surface area contributed by atoms with Crippen LogP contribution in [0, 0.1) is 11.2 Å². The van der Waals surface area contributed by atoms with Crippen molar-refractivity contribution in [2.75, 3.05) is 26.6 Å². The summed E-state index contributed by atoms with van der Waals surface area (Å²) in [7, 11) is 0. The van der Waals surface area contributed by atoms with E-state index in [1.54, 1.807) is 6.92 Å². The van der Waals surface area contributed by atoms with Gasteiger partial charge in [0.25, 0.3) is 0 Å². The van der Waals surface area contributed by atoms with E-state index in [2.05, 4.69) is 10.6 Å². The van der Waals surface area contributed by atoms with E-state index in [9.17, 15) is 28.2 Å². The molecule has 31 heavy (non-hydrogen) atoms. The van der Waals surface area contributed by atoms with Crippen LogP contribution in [0.4, 0.5) is 13.2 Å². The minimum atomic E-state index is -1.24. The van der Waals surface area contributed by atoms with Crippen LogP contribution < -0.4 is 10.6 Å². The van der Waals surface area contributed by atoms with Crippen LogP contribution in [-0.2, 0) is 20.7 Å². The third-order valence-electron chi connectivity index (χ3n) is 5.18. The molecule has 0 saturated carbocycles. The molecule has 1 saturated heterocycles. The molecule has 7 nitrogen and oxygen atoms in total. The van der Waals surface area contributed by atoms with Gasteiger partial charge in [0.1, 0.15) is 11.6 Å². The summed E-state index contributed by atoms with van der Waals surface area (Å²) in [5.74, 6) is -1.27. The van der Waals surface area contributed by atoms with Crippen molar-refractivity contribution < 1.29 is 37.7 Å². The van der Waals surface area contributed by atoms with E-state index >= 15 is 0 Å². The summed E-state index contributed by atoms with van der Waals surface area (Å²) in [6.07, 6.45) is -1.80. The molecule has 1 aliphatic heterocycles. The normalized spacial score (nSPS) is 23.9. The zero-order valence-corrected chi connectivity index (χ0v) is 17.9. The summed E-state index contributed by atoms with van der Waals surface area (Å²) in [6, 6.07) is 1.74. The average Bonchev–Trinajstić information content (AvgIpc) is 2.70. The fraction of sp³-hybridized carbons (Fsp3) is 0.667. The van der Waals surface area contributed by atoms with Crippen molar-refractivity contribution in [2.45, 2.75) is 57.7 Å². The molecule has 1 heterocycles. The van der Waals surface area contributed by atoms with E-state index in [1.807, 2.05) is 0 Å². The number of alkyl halides is 2. The van der Waals surface area contributed by atoms with Crippen molar-refractivity contribution in [3.8, 4) is 5.75 Å². The molecule has 0 aromatic heterocycles. The predicted octanol–water partition coefficient (Wildman–Crippen LogP) is 1.60. The monoisotopic (exact) mass is 448 g/mol. The lowest BCUT2D eigenvalue weighted by atomic mass is 9.94. The Labute approximate surface area is 179 Å². The molecular weight excluding hydrogens is 417 g/mol. The van der Waals surface area contributed by atoms with Crippen molar-refractivity contribution in [3.05, 3.63) is 29.6 Å². The largest absolute Gasteiger partial charge is 0.508 e. The van der Waals surface area contributed by atoms with Crippen LogP contribution in [0.25, 0.3) is 0 Å². The first-order valence-electron chi connectivity index (χ1n) is 10.1. The maximum absolute atomic E-state index is 13.6. The molecule has 4 N–H and O–H groups in total. The highest BCUT2D eigenvalue weighted by Crippen LogP contribution is 2.23. The lowest BCUT2D eigenvalue weighted by Gasteiger charge is -2.40. The number of hydrogen-bond acceptors (Lipinski definition) is 6. The first kappa shape index (κ1) is 25.4. The standard InChI is InChI=1S/C21H31F3N2O5/c1-12-20(31-11-21(3,9-22)10-23)30-8-18(25-12)19(29)17(26-13(2)27)6-14-4-15(24)7-16(28)5-14/h4-5,7,12,17-20,25,28-29H,6,8-11H2,1-3H3,(H,26,27)/t12-,17-,18+,19-,20-/m0/s1. The van der Waals surface area contributed by atoms with Gasteiger partial charge in [0.05, 0.1) is 50.8 Å². The van der Waals surface area contributed by atoms with Gasteiger partial charge in [-0.25, -0.2) is 4.39 Å². The second-order valence-electron chi connectivity index (χ2n) is 8.47. The van der Waals surface area contributed by atoms with Gasteiger partial charge in [0, 0.05) is 18.4 Å². The van der Waals surface area contributed by atoms with Gasteiger partial charge >= 0.3 is 0 Å². The predicted molar refractivity (Wildman–Crippen MR) is 108 cm³/mol. The Morgan fingerprint density at radius 2 is 2.06 bits per heavy atom. The van der Waals surface area contributed by atoms with Gasteiger partial charge in [-0.1, -0.05) is 6.92 Å². The second-order valence-corrected chi connectivity index (χ2v) is 8.47. The third kappa shape index (κ3) is 7.34. The van der Waals surface area contributed by atoms with Crippen molar-refractivity contribution in [2.24, 2.45) is 5.41 Å². The summed E-state index contributed by atoms with van der Waals surface area (Å²) in [5, 5.41) is 26.3. The third-order valence-corrected chi connectivity index (χ3v) is 5.18. The summed E-state index contributed by atoms with van der Waals surface area (Å²) < 4.78 is 50.8. The summed E-state index contributed by atoms with van der Waals surface area (Å²) in [5.41, 5.74) is -0.843. The molecule has 2 rings (SSSR count). The zero-order chi connectivity index (χ0) is 23.2. The van der Waals surface area contributed by atoms with E-state index in [4.69, 9.17) is 9.47 Å². The highest BCUT2D eigenvalue weighted by atomic mass is 19.1. The number of morpholine rings is 1. The maximum Gasteiger partial charge on any atom is 0.217 e. The number of hydrogen-bond donors (Lipinski definition) is 4. The van der Waals surface area contributed by atoms with Crippen LogP contribution in [0.15, 0.2) is 18.2 Å². The topological polar surface area (TPSA) is 100 Å². The number of carbonyl (C=O) groups is 1. The highest BCUT2D eigenvalue weighted by Gasteiger charge is 2.37. The van der Waals surface area contributed by atoms with Crippen LogP contribution >= 0.6 is 0 Å². The van der Waals surface area contributed by atoms with Crippen LogP contribution in [0.3, 0.4) is 0 Å². The van der Waals surface area contributed by atoms with Crippen molar-refractivity contribution in [1.29, 1.82) is 0 Å². The number of aliphatic hydroxyl groups excluding tert-OH is 1. The summed E-state index contributed by atoms with van der Waals surface area (Å²) >= 11 is 0. The number of ether oxygens (including phenoxy) is 2. The molecule has 176 valence electrons. The van der Waals surface area contributed by atoms with Gasteiger partial charge in [-0.3, -0.25) is 13.6 Å². The van der Waals surface area contributed by atoms with Crippen LogP contribution in [0.5, 0.6) is 5.75 Å². The molecule has 5 atom stereocenters. The summed E-state index contributed by atoms with van der Waals surface area (Å²) in [6.45, 7) is 2.59. The Kier molecular flexibility index (Phi) is 9.11. The number of aromatic hydroxyl groups is 1. The molecule has 1 fully saturated rings. The summed E-state index contributed by atoms with van der Waals surface area (Å²) in [4.78, 5) is 11.6. The molecule has 1 aromatic rings. The smallest absolute Gasteiger partial charge is 0.217 e. The lowest BCUT2D eigenvalue weighted by Crippen LogP contribution is -2.62. The quantitative estimate of drug-likeness (QED) is 0.434. The number of phenolic OH excluding ortho intramolecular Hbond substituents is 1. The fourth-order valence-electron chi connectivity index (χ4n) is 3.40. The van der Waals surface area contributed by atoms with Crippen LogP contribution in [-0.4, -0.2) is 73.2 Å².